The molecule has 82 valence electrons. The number of hydrogen-bond acceptors (Lipinski definition) is 4. The van der Waals surface area contributed by atoms with E-state index >= 15 is 0 Å². The Morgan fingerprint density at radius 3 is 2.71 bits per heavy atom. The molecule has 0 aromatic rings. The first-order valence-electron chi connectivity index (χ1n) is 4.49. The Labute approximate surface area is 87.5 Å². The zero-order valence-electron chi connectivity index (χ0n) is 8.91. The number of hydrogen-bond donors (Lipinski definition) is 2. The smallest absolute Gasteiger partial charge is 0.129 e. The van der Waals surface area contributed by atoms with Crippen molar-refractivity contribution in [1.29, 1.82) is 0 Å². The fourth-order valence-corrected chi connectivity index (χ4v) is 1.84. The molecule has 6 heteroatoms. The van der Waals surface area contributed by atoms with Crippen molar-refractivity contribution < 1.29 is 4.21 Å². The van der Waals surface area contributed by atoms with E-state index in [1.165, 1.54) is 0 Å². The summed E-state index contributed by atoms with van der Waals surface area (Å²) in [5.74, 6) is 0.514. The van der Waals surface area contributed by atoms with Crippen LogP contribution in [0.3, 0.4) is 0 Å². The van der Waals surface area contributed by atoms with Gasteiger partial charge in [-0.25, -0.2) is 4.21 Å². The number of rotatable bonds is 2. The summed E-state index contributed by atoms with van der Waals surface area (Å²) in [5, 5.41) is 0. The topological polar surface area (TPSA) is 61.6 Å². The van der Waals surface area contributed by atoms with E-state index in [0.717, 1.165) is 25.3 Å². The largest absolute Gasteiger partial charge is 0.383 e. The highest BCUT2D eigenvalue weighted by Gasteiger charge is 2.18. The van der Waals surface area contributed by atoms with Gasteiger partial charge in [0.2, 0.25) is 0 Å². The Hall–Kier alpha value is -0.750. The molecule has 0 aromatic heterocycles. The van der Waals surface area contributed by atoms with Crippen LogP contribution in [0.5, 0.6) is 0 Å². The molecule has 1 saturated heterocycles. The molecule has 1 atom stereocenters. The SMILES string of the molecule is CN1CCN(C)/C(=C(\N)NS(C)=O)C1. The van der Waals surface area contributed by atoms with E-state index in [1.54, 1.807) is 6.26 Å². The minimum absolute atomic E-state index is 0.514. The normalized spacial score (nSPS) is 24.6. The number of piperazine rings is 1. The summed E-state index contributed by atoms with van der Waals surface area (Å²) in [6, 6.07) is 0. The van der Waals surface area contributed by atoms with Crippen molar-refractivity contribution in [1.82, 2.24) is 14.5 Å². The van der Waals surface area contributed by atoms with Crippen molar-refractivity contribution in [2.45, 2.75) is 0 Å². The van der Waals surface area contributed by atoms with Gasteiger partial charge in [-0.3, -0.25) is 9.62 Å². The lowest BCUT2D eigenvalue weighted by molar-refractivity contribution is 0.226. The van der Waals surface area contributed by atoms with Gasteiger partial charge in [0.25, 0.3) is 0 Å². The molecule has 1 heterocycles. The molecule has 1 unspecified atom stereocenters. The lowest BCUT2D eigenvalue weighted by atomic mass is 10.3. The molecule has 0 aromatic carbocycles. The molecule has 5 nitrogen and oxygen atoms in total. The van der Waals surface area contributed by atoms with Gasteiger partial charge < -0.3 is 10.6 Å². The van der Waals surface area contributed by atoms with Gasteiger partial charge in [-0.15, -0.1) is 0 Å². The number of nitrogens with two attached hydrogens (primary N) is 1. The maximum atomic E-state index is 10.9. The fourth-order valence-electron chi connectivity index (χ4n) is 1.42. The molecule has 1 aliphatic heterocycles. The van der Waals surface area contributed by atoms with Crippen molar-refractivity contribution in [2.75, 3.05) is 40.0 Å². The first kappa shape index (κ1) is 11.3. The van der Waals surface area contributed by atoms with E-state index in [4.69, 9.17) is 5.73 Å². The van der Waals surface area contributed by atoms with Crippen LogP contribution < -0.4 is 10.5 Å². The van der Waals surface area contributed by atoms with Crippen LogP contribution in [0.2, 0.25) is 0 Å². The summed E-state index contributed by atoms with van der Waals surface area (Å²) in [7, 11) is 2.94. The second-order valence-corrected chi connectivity index (χ2v) is 4.69. The summed E-state index contributed by atoms with van der Waals surface area (Å²) in [4.78, 5) is 4.28. The average molecular weight is 218 g/mol. The third-order valence-electron chi connectivity index (χ3n) is 2.26. The molecule has 0 saturated carbocycles. The highest BCUT2D eigenvalue weighted by molar-refractivity contribution is 7.82. The second-order valence-electron chi connectivity index (χ2n) is 3.58. The zero-order valence-corrected chi connectivity index (χ0v) is 9.73. The van der Waals surface area contributed by atoms with Crippen LogP contribution in [-0.4, -0.2) is 54.0 Å². The molecule has 1 aliphatic rings. The highest BCUT2D eigenvalue weighted by atomic mass is 32.2. The monoisotopic (exact) mass is 218 g/mol. The van der Waals surface area contributed by atoms with Crippen LogP contribution in [0, 0.1) is 0 Å². The first-order valence-corrected chi connectivity index (χ1v) is 6.05. The van der Waals surface area contributed by atoms with Crippen molar-refractivity contribution in [3.8, 4) is 0 Å². The highest BCUT2D eigenvalue weighted by Crippen LogP contribution is 2.10. The Morgan fingerprint density at radius 2 is 2.14 bits per heavy atom. The molecule has 0 bridgehead atoms. The predicted molar refractivity (Wildman–Crippen MR) is 58.5 cm³/mol. The van der Waals surface area contributed by atoms with Crippen molar-refractivity contribution in [3.63, 3.8) is 0 Å². The van der Waals surface area contributed by atoms with Gasteiger partial charge in [0.1, 0.15) is 16.8 Å². The molecule has 3 N–H and O–H groups in total. The lowest BCUT2D eigenvalue weighted by Crippen LogP contribution is -2.43. The van der Waals surface area contributed by atoms with E-state index < -0.39 is 11.0 Å². The van der Waals surface area contributed by atoms with Crippen LogP contribution in [0.15, 0.2) is 11.5 Å². The molecule has 1 rings (SSSR count). The van der Waals surface area contributed by atoms with Crippen molar-refractivity contribution in [3.05, 3.63) is 11.5 Å². The summed E-state index contributed by atoms with van der Waals surface area (Å²) in [6.45, 7) is 2.78. The van der Waals surface area contributed by atoms with Crippen LogP contribution in [-0.2, 0) is 11.0 Å². The number of nitrogens with one attached hydrogen (secondary N) is 1. The van der Waals surface area contributed by atoms with E-state index in [0.29, 0.717) is 5.82 Å². The van der Waals surface area contributed by atoms with Gasteiger partial charge in [-0.2, -0.15) is 0 Å². The predicted octanol–water partition coefficient (Wildman–Crippen LogP) is -1.13. The van der Waals surface area contributed by atoms with Gasteiger partial charge in [-0.1, -0.05) is 0 Å². The molecule has 14 heavy (non-hydrogen) atoms. The minimum atomic E-state index is -1.10. The number of likely N-dealkylation sites (N-methyl/N-ethyl adjacent to an activating group) is 2. The van der Waals surface area contributed by atoms with E-state index in [9.17, 15) is 4.21 Å². The lowest BCUT2D eigenvalue weighted by Gasteiger charge is -2.34. The minimum Gasteiger partial charge on any atom is -0.383 e. The summed E-state index contributed by atoms with van der Waals surface area (Å²) >= 11 is 0. The van der Waals surface area contributed by atoms with Gasteiger partial charge >= 0.3 is 0 Å². The Bertz CT molecular complexity index is 266. The van der Waals surface area contributed by atoms with Crippen molar-refractivity contribution in [2.24, 2.45) is 5.73 Å². The third kappa shape index (κ3) is 2.88. The average Bonchev–Trinajstić information content (AvgIpc) is 2.08. The molecular weight excluding hydrogens is 200 g/mol. The maximum Gasteiger partial charge on any atom is 0.129 e. The molecule has 0 radical (unpaired) electrons. The second kappa shape index (κ2) is 4.65. The quantitative estimate of drug-likeness (QED) is 0.616. The number of nitrogens with zero attached hydrogens (tertiary/aromatic N) is 2. The van der Waals surface area contributed by atoms with Crippen molar-refractivity contribution >= 4 is 11.0 Å². The molecular formula is C8H18N4OS. The maximum absolute atomic E-state index is 10.9. The summed E-state index contributed by atoms with van der Waals surface area (Å²) < 4.78 is 13.7. The molecule has 0 amide bonds. The van der Waals surface area contributed by atoms with Crippen LogP contribution in [0.4, 0.5) is 0 Å². The van der Waals surface area contributed by atoms with Crippen LogP contribution >= 0.6 is 0 Å². The fraction of sp³-hybridized carbons (Fsp3) is 0.750. The summed E-state index contributed by atoms with van der Waals surface area (Å²) in [5.41, 5.74) is 6.82. The van der Waals surface area contributed by atoms with E-state index in [-0.39, 0.29) is 0 Å². The standard InChI is InChI=1S/C8H18N4OS/c1-11-4-5-12(2)7(6-11)8(9)10-14(3)13/h10H,4-6,9H2,1-3H3/b8-7+. The van der Waals surface area contributed by atoms with Crippen LogP contribution in [0.25, 0.3) is 0 Å². The first-order chi connectivity index (χ1) is 6.50. The molecule has 0 aliphatic carbocycles. The van der Waals surface area contributed by atoms with E-state index in [1.807, 2.05) is 14.1 Å². The van der Waals surface area contributed by atoms with Gasteiger partial charge in [0, 0.05) is 32.9 Å². The Kier molecular flexibility index (Phi) is 3.77. The molecule has 1 fully saturated rings. The van der Waals surface area contributed by atoms with Crippen LogP contribution in [0.1, 0.15) is 0 Å². The third-order valence-corrected chi connectivity index (χ3v) is 2.77. The van der Waals surface area contributed by atoms with Gasteiger partial charge in [-0.05, 0) is 7.05 Å². The molecule has 0 spiro atoms. The van der Waals surface area contributed by atoms with E-state index in [2.05, 4.69) is 14.5 Å². The zero-order chi connectivity index (χ0) is 10.7. The van der Waals surface area contributed by atoms with Gasteiger partial charge in [0.15, 0.2) is 0 Å². The summed E-state index contributed by atoms with van der Waals surface area (Å²) in [6.07, 6.45) is 1.57. The Balaban J connectivity index is 2.75. The Morgan fingerprint density at radius 1 is 1.50 bits per heavy atom. The van der Waals surface area contributed by atoms with Gasteiger partial charge in [0.05, 0.1) is 5.70 Å².